The number of nitrogens with one attached hydrogen (secondary N) is 2. The molecule has 124 valence electrons. The molecular weight excluding hydrogens is 304 g/mol. The molecule has 2 N–H and O–H groups in total. The predicted molar refractivity (Wildman–Crippen MR) is 88.1 cm³/mol. The third-order valence-corrected chi connectivity index (χ3v) is 3.36. The SMILES string of the molecule is CC(CNC(=O)C1CNCCO1)COCc1ccccc1.Cl. The summed E-state index contributed by atoms with van der Waals surface area (Å²) in [5, 5.41) is 6.06. The first kappa shape index (κ1) is 18.9. The first-order valence-electron chi connectivity index (χ1n) is 7.47. The molecule has 0 spiro atoms. The maximum atomic E-state index is 11.9. The Bertz CT molecular complexity index is 425. The molecule has 2 rings (SSSR count). The summed E-state index contributed by atoms with van der Waals surface area (Å²) in [6.07, 6.45) is -0.365. The van der Waals surface area contributed by atoms with Crippen LogP contribution < -0.4 is 10.6 Å². The van der Waals surface area contributed by atoms with Gasteiger partial charge in [0.05, 0.1) is 19.8 Å². The van der Waals surface area contributed by atoms with Crippen molar-refractivity contribution in [2.45, 2.75) is 19.6 Å². The van der Waals surface area contributed by atoms with Gasteiger partial charge in [0.25, 0.3) is 0 Å². The maximum Gasteiger partial charge on any atom is 0.250 e. The van der Waals surface area contributed by atoms with E-state index in [4.69, 9.17) is 9.47 Å². The average Bonchev–Trinajstić information content (AvgIpc) is 2.54. The Kier molecular flexibility index (Phi) is 9.08. The summed E-state index contributed by atoms with van der Waals surface area (Å²) in [7, 11) is 0. The summed E-state index contributed by atoms with van der Waals surface area (Å²) < 4.78 is 11.1. The van der Waals surface area contributed by atoms with Gasteiger partial charge in [-0.3, -0.25) is 4.79 Å². The summed E-state index contributed by atoms with van der Waals surface area (Å²) in [4.78, 5) is 11.9. The van der Waals surface area contributed by atoms with E-state index in [0.29, 0.717) is 32.9 Å². The lowest BCUT2D eigenvalue weighted by Crippen LogP contribution is -2.48. The second-order valence-corrected chi connectivity index (χ2v) is 5.41. The Balaban J connectivity index is 0.00000242. The van der Waals surface area contributed by atoms with Gasteiger partial charge in [0.15, 0.2) is 0 Å². The molecule has 1 fully saturated rings. The molecular formula is C16H25ClN2O3. The molecule has 2 unspecified atom stereocenters. The first-order chi connectivity index (χ1) is 10.3. The number of hydrogen-bond donors (Lipinski definition) is 2. The van der Waals surface area contributed by atoms with E-state index < -0.39 is 0 Å². The molecule has 2 atom stereocenters. The van der Waals surface area contributed by atoms with E-state index in [9.17, 15) is 4.79 Å². The van der Waals surface area contributed by atoms with Gasteiger partial charge >= 0.3 is 0 Å². The minimum absolute atomic E-state index is 0. The molecule has 0 aromatic heterocycles. The zero-order valence-electron chi connectivity index (χ0n) is 12.9. The van der Waals surface area contributed by atoms with Crippen molar-refractivity contribution < 1.29 is 14.3 Å². The fourth-order valence-electron chi connectivity index (χ4n) is 2.13. The zero-order chi connectivity index (χ0) is 14.9. The van der Waals surface area contributed by atoms with E-state index in [-0.39, 0.29) is 30.3 Å². The quantitative estimate of drug-likeness (QED) is 0.793. The minimum atomic E-state index is -0.365. The van der Waals surface area contributed by atoms with Crippen molar-refractivity contribution >= 4 is 18.3 Å². The van der Waals surface area contributed by atoms with Crippen LogP contribution in [0.1, 0.15) is 12.5 Å². The van der Waals surface area contributed by atoms with E-state index in [1.807, 2.05) is 30.3 Å². The standard InChI is InChI=1S/C16H24N2O3.ClH/c1-13(11-20-12-14-5-3-2-4-6-14)9-18-16(19)15-10-17-7-8-21-15;/h2-6,13,15,17H,7-12H2,1H3,(H,18,19);1H. The van der Waals surface area contributed by atoms with Crippen LogP contribution in [0.4, 0.5) is 0 Å². The van der Waals surface area contributed by atoms with Gasteiger partial charge in [-0.15, -0.1) is 12.4 Å². The number of amides is 1. The Morgan fingerprint density at radius 1 is 1.45 bits per heavy atom. The molecule has 1 aliphatic heterocycles. The van der Waals surface area contributed by atoms with Gasteiger partial charge in [-0.2, -0.15) is 0 Å². The van der Waals surface area contributed by atoms with E-state index in [1.165, 1.54) is 0 Å². The van der Waals surface area contributed by atoms with Crippen LogP contribution >= 0.6 is 12.4 Å². The molecule has 0 radical (unpaired) electrons. The summed E-state index contributed by atoms with van der Waals surface area (Å²) in [6, 6.07) is 10.1. The lowest BCUT2D eigenvalue weighted by Gasteiger charge is -2.23. The Morgan fingerprint density at radius 2 is 2.23 bits per heavy atom. The van der Waals surface area contributed by atoms with Gasteiger partial charge < -0.3 is 20.1 Å². The van der Waals surface area contributed by atoms with Crippen molar-refractivity contribution in [3.63, 3.8) is 0 Å². The highest BCUT2D eigenvalue weighted by molar-refractivity contribution is 5.85. The lowest BCUT2D eigenvalue weighted by atomic mass is 10.2. The summed E-state index contributed by atoms with van der Waals surface area (Å²) in [5.74, 6) is 0.228. The molecule has 6 heteroatoms. The Labute approximate surface area is 138 Å². The van der Waals surface area contributed by atoms with Crippen LogP contribution in [-0.2, 0) is 20.9 Å². The highest BCUT2D eigenvalue weighted by Gasteiger charge is 2.21. The smallest absolute Gasteiger partial charge is 0.250 e. The molecule has 0 aliphatic carbocycles. The van der Waals surface area contributed by atoms with Crippen molar-refractivity contribution in [1.82, 2.24) is 10.6 Å². The monoisotopic (exact) mass is 328 g/mol. The maximum absolute atomic E-state index is 11.9. The van der Waals surface area contributed by atoms with Gasteiger partial charge in [0.2, 0.25) is 5.91 Å². The summed E-state index contributed by atoms with van der Waals surface area (Å²) in [5.41, 5.74) is 1.16. The molecule has 1 saturated heterocycles. The minimum Gasteiger partial charge on any atom is -0.376 e. The van der Waals surface area contributed by atoms with Crippen LogP contribution in [0, 0.1) is 5.92 Å². The van der Waals surface area contributed by atoms with Crippen LogP contribution in [0.2, 0.25) is 0 Å². The number of halogens is 1. The summed E-state index contributed by atoms with van der Waals surface area (Å²) in [6.45, 7) is 5.89. The third kappa shape index (κ3) is 6.75. The Hall–Kier alpha value is -1.14. The predicted octanol–water partition coefficient (Wildman–Crippen LogP) is 1.37. The van der Waals surface area contributed by atoms with Crippen molar-refractivity contribution in [1.29, 1.82) is 0 Å². The number of carbonyl (C=O) groups is 1. The average molecular weight is 329 g/mol. The number of hydrogen-bond acceptors (Lipinski definition) is 4. The van der Waals surface area contributed by atoms with Crippen LogP contribution in [0.25, 0.3) is 0 Å². The fourth-order valence-corrected chi connectivity index (χ4v) is 2.13. The number of carbonyl (C=O) groups excluding carboxylic acids is 1. The largest absolute Gasteiger partial charge is 0.376 e. The van der Waals surface area contributed by atoms with E-state index in [0.717, 1.165) is 12.1 Å². The molecule has 1 aromatic carbocycles. The number of rotatable bonds is 7. The van der Waals surface area contributed by atoms with Gasteiger partial charge in [0, 0.05) is 19.6 Å². The normalized spacial score (nSPS) is 19.0. The van der Waals surface area contributed by atoms with Gasteiger partial charge in [-0.1, -0.05) is 37.3 Å². The van der Waals surface area contributed by atoms with Crippen molar-refractivity contribution in [2.24, 2.45) is 5.92 Å². The molecule has 1 aromatic rings. The highest BCUT2D eigenvalue weighted by Crippen LogP contribution is 2.03. The van der Waals surface area contributed by atoms with Gasteiger partial charge in [0.1, 0.15) is 6.10 Å². The van der Waals surface area contributed by atoms with Gasteiger partial charge in [-0.25, -0.2) is 0 Å². The van der Waals surface area contributed by atoms with E-state index in [2.05, 4.69) is 17.6 Å². The van der Waals surface area contributed by atoms with Crippen LogP contribution in [-0.4, -0.2) is 44.9 Å². The van der Waals surface area contributed by atoms with Crippen LogP contribution in [0.15, 0.2) is 30.3 Å². The molecule has 0 bridgehead atoms. The number of ether oxygens (including phenoxy) is 2. The summed E-state index contributed by atoms with van der Waals surface area (Å²) >= 11 is 0. The Morgan fingerprint density at radius 3 is 2.91 bits per heavy atom. The van der Waals surface area contributed by atoms with Gasteiger partial charge in [-0.05, 0) is 11.5 Å². The highest BCUT2D eigenvalue weighted by atomic mass is 35.5. The number of benzene rings is 1. The van der Waals surface area contributed by atoms with Crippen LogP contribution in [0.3, 0.4) is 0 Å². The fraction of sp³-hybridized carbons (Fsp3) is 0.562. The van der Waals surface area contributed by atoms with Crippen molar-refractivity contribution in [3.05, 3.63) is 35.9 Å². The van der Waals surface area contributed by atoms with E-state index in [1.54, 1.807) is 0 Å². The van der Waals surface area contributed by atoms with Crippen molar-refractivity contribution in [2.75, 3.05) is 32.8 Å². The van der Waals surface area contributed by atoms with E-state index >= 15 is 0 Å². The molecule has 22 heavy (non-hydrogen) atoms. The van der Waals surface area contributed by atoms with Crippen molar-refractivity contribution in [3.8, 4) is 0 Å². The molecule has 1 aliphatic rings. The molecule has 5 nitrogen and oxygen atoms in total. The van der Waals surface area contributed by atoms with Crippen LogP contribution in [0.5, 0.6) is 0 Å². The first-order valence-corrected chi connectivity index (χ1v) is 7.47. The topological polar surface area (TPSA) is 59.6 Å². The lowest BCUT2D eigenvalue weighted by molar-refractivity contribution is -0.134. The zero-order valence-corrected chi connectivity index (χ0v) is 13.7. The number of morpholine rings is 1. The second-order valence-electron chi connectivity index (χ2n) is 5.41. The second kappa shape index (κ2) is 10.6. The molecule has 1 amide bonds. The third-order valence-electron chi connectivity index (χ3n) is 3.36. The molecule has 0 saturated carbocycles. The molecule has 1 heterocycles.